The van der Waals surface area contributed by atoms with Crippen molar-refractivity contribution >= 4 is 5.69 Å². The first-order chi connectivity index (χ1) is 12.3. The van der Waals surface area contributed by atoms with Crippen molar-refractivity contribution in [3.63, 3.8) is 0 Å². The summed E-state index contributed by atoms with van der Waals surface area (Å²) in [5, 5.41) is 0. The van der Waals surface area contributed by atoms with E-state index in [0.29, 0.717) is 6.61 Å². The van der Waals surface area contributed by atoms with Crippen molar-refractivity contribution in [2.75, 3.05) is 51.3 Å². The van der Waals surface area contributed by atoms with Crippen LogP contribution < -0.4 is 14.4 Å². The first kappa shape index (κ1) is 17.5. The van der Waals surface area contributed by atoms with Crippen molar-refractivity contribution in [2.24, 2.45) is 0 Å². The van der Waals surface area contributed by atoms with Crippen molar-refractivity contribution in [1.82, 2.24) is 9.88 Å². The van der Waals surface area contributed by atoms with Gasteiger partial charge < -0.3 is 14.4 Å². The number of ether oxygens (including phenoxy) is 2. The smallest absolute Gasteiger partial charge is 0.161 e. The van der Waals surface area contributed by atoms with Crippen molar-refractivity contribution < 1.29 is 9.47 Å². The molecule has 2 aromatic rings. The summed E-state index contributed by atoms with van der Waals surface area (Å²) in [5.41, 5.74) is 2.35. The second-order valence-corrected chi connectivity index (χ2v) is 6.34. The lowest BCUT2D eigenvalue weighted by atomic mass is 10.3. The fraction of sp³-hybridized carbons (Fsp3) is 0.450. The molecule has 1 fully saturated rings. The van der Waals surface area contributed by atoms with E-state index in [9.17, 15) is 0 Å². The number of hydrogen-bond acceptors (Lipinski definition) is 5. The molecule has 0 unspecified atom stereocenters. The molecule has 134 valence electrons. The minimum atomic E-state index is 0.675. The highest BCUT2D eigenvalue weighted by Crippen LogP contribution is 2.25. The van der Waals surface area contributed by atoms with Crippen molar-refractivity contribution in [3.8, 4) is 11.5 Å². The number of benzene rings is 1. The summed E-state index contributed by atoms with van der Waals surface area (Å²) in [6, 6.07) is 12.1. The molecule has 0 atom stereocenters. The van der Waals surface area contributed by atoms with Crippen LogP contribution in [0.25, 0.3) is 0 Å². The summed E-state index contributed by atoms with van der Waals surface area (Å²) in [6.07, 6.45) is 3.06. The second-order valence-electron chi connectivity index (χ2n) is 6.34. The largest absolute Gasteiger partial charge is 0.493 e. The molecule has 0 spiro atoms. The van der Waals surface area contributed by atoms with E-state index in [4.69, 9.17) is 9.47 Å². The Balaban J connectivity index is 1.48. The molecular formula is C20H27N3O2. The Bertz CT molecular complexity index is 677. The predicted molar refractivity (Wildman–Crippen MR) is 101 cm³/mol. The summed E-state index contributed by atoms with van der Waals surface area (Å²) in [7, 11) is 1.67. The van der Waals surface area contributed by atoms with Gasteiger partial charge in [0, 0.05) is 50.3 Å². The summed E-state index contributed by atoms with van der Waals surface area (Å²) >= 11 is 0. The number of hydrogen-bond donors (Lipinski definition) is 0. The Morgan fingerprint density at radius 2 is 1.88 bits per heavy atom. The van der Waals surface area contributed by atoms with Gasteiger partial charge in [0.25, 0.3) is 0 Å². The normalized spacial score (nSPS) is 15.7. The van der Waals surface area contributed by atoms with Crippen molar-refractivity contribution in [2.45, 2.75) is 13.3 Å². The van der Waals surface area contributed by atoms with Crippen molar-refractivity contribution in [1.29, 1.82) is 0 Å². The van der Waals surface area contributed by atoms with E-state index in [2.05, 4.69) is 26.9 Å². The van der Waals surface area contributed by atoms with Crippen LogP contribution in [0.15, 0.2) is 42.6 Å². The van der Waals surface area contributed by atoms with Gasteiger partial charge in [0.15, 0.2) is 11.5 Å². The third-order valence-electron chi connectivity index (χ3n) is 4.57. The van der Waals surface area contributed by atoms with E-state index < -0.39 is 0 Å². The first-order valence-corrected chi connectivity index (χ1v) is 8.92. The maximum atomic E-state index is 5.91. The van der Waals surface area contributed by atoms with Gasteiger partial charge >= 0.3 is 0 Å². The standard InChI is InChI=1S/C20H27N3O2/c1-17-16-18(8-9-21-17)23-11-5-10-22(12-13-23)14-15-25-20-7-4-3-6-19(20)24-2/h3-4,6-9,16H,5,10-15H2,1-2H3. The SMILES string of the molecule is COc1ccccc1OCCN1CCCN(c2ccnc(C)c2)CC1. The van der Waals surface area contributed by atoms with Gasteiger partial charge in [-0.2, -0.15) is 0 Å². The van der Waals surface area contributed by atoms with Crippen LogP contribution in [0.1, 0.15) is 12.1 Å². The molecule has 0 saturated carbocycles. The minimum absolute atomic E-state index is 0.675. The molecule has 0 aliphatic carbocycles. The molecule has 0 N–H and O–H groups in total. The van der Waals surface area contributed by atoms with E-state index in [1.165, 1.54) is 5.69 Å². The first-order valence-electron chi connectivity index (χ1n) is 8.92. The molecule has 5 heteroatoms. The molecule has 0 amide bonds. The van der Waals surface area contributed by atoms with E-state index in [0.717, 1.165) is 56.3 Å². The number of nitrogens with zero attached hydrogens (tertiary/aromatic N) is 3. The zero-order chi connectivity index (χ0) is 17.5. The van der Waals surface area contributed by atoms with Crippen LogP contribution in [0.4, 0.5) is 5.69 Å². The van der Waals surface area contributed by atoms with Crippen molar-refractivity contribution in [3.05, 3.63) is 48.3 Å². The van der Waals surface area contributed by atoms with Gasteiger partial charge in [-0.05, 0) is 37.6 Å². The molecule has 3 rings (SSSR count). The Hall–Kier alpha value is -2.27. The average Bonchev–Trinajstić information content (AvgIpc) is 2.88. The number of anilines is 1. The molecule has 1 aromatic carbocycles. The highest BCUT2D eigenvalue weighted by molar-refractivity contribution is 5.46. The molecule has 0 bridgehead atoms. The van der Waals surface area contributed by atoms with E-state index in [-0.39, 0.29) is 0 Å². The number of para-hydroxylation sites is 2. The molecule has 0 radical (unpaired) electrons. The average molecular weight is 341 g/mol. The number of pyridine rings is 1. The number of methoxy groups -OCH3 is 1. The Kier molecular flexibility index (Phi) is 6.12. The van der Waals surface area contributed by atoms with Crippen LogP contribution in [-0.2, 0) is 0 Å². The van der Waals surface area contributed by atoms with Gasteiger partial charge in [-0.15, -0.1) is 0 Å². The summed E-state index contributed by atoms with van der Waals surface area (Å²) in [4.78, 5) is 9.22. The van der Waals surface area contributed by atoms with Gasteiger partial charge in [-0.1, -0.05) is 12.1 Å². The third kappa shape index (κ3) is 4.86. The Morgan fingerprint density at radius 1 is 1.04 bits per heavy atom. The highest BCUT2D eigenvalue weighted by Gasteiger charge is 2.15. The molecule has 2 heterocycles. The molecule has 1 aliphatic rings. The number of rotatable bonds is 6. The lowest BCUT2D eigenvalue weighted by Gasteiger charge is -2.24. The minimum Gasteiger partial charge on any atom is -0.493 e. The van der Waals surface area contributed by atoms with E-state index in [1.807, 2.05) is 37.4 Å². The van der Waals surface area contributed by atoms with Crippen LogP contribution in [0.2, 0.25) is 0 Å². The molecule has 5 nitrogen and oxygen atoms in total. The third-order valence-corrected chi connectivity index (χ3v) is 4.57. The summed E-state index contributed by atoms with van der Waals surface area (Å²) in [6.45, 7) is 7.94. The van der Waals surface area contributed by atoms with Gasteiger partial charge in [0.1, 0.15) is 6.61 Å². The quantitative estimate of drug-likeness (QED) is 0.807. The monoisotopic (exact) mass is 341 g/mol. The number of aromatic nitrogens is 1. The van der Waals surface area contributed by atoms with E-state index >= 15 is 0 Å². The molecule has 25 heavy (non-hydrogen) atoms. The van der Waals surface area contributed by atoms with Crippen LogP contribution in [-0.4, -0.2) is 56.3 Å². The van der Waals surface area contributed by atoms with E-state index in [1.54, 1.807) is 7.11 Å². The fourth-order valence-electron chi connectivity index (χ4n) is 3.20. The lowest BCUT2D eigenvalue weighted by molar-refractivity contribution is 0.213. The second kappa shape index (κ2) is 8.72. The van der Waals surface area contributed by atoms with Gasteiger partial charge in [0.05, 0.1) is 7.11 Å². The zero-order valence-corrected chi connectivity index (χ0v) is 15.1. The van der Waals surface area contributed by atoms with Crippen LogP contribution in [0.5, 0.6) is 11.5 Å². The fourth-order valence-corrected chi connectivity index (χ4v) is 3.20. The summed E-state index contributed by atoms with van der Waals surface area (Å²) < 4.78 is 11.2. The predicted octanol–water partition coefficient (Wildman–Crippen LogP) is 2.99. The maximum absolute atomic E-state index is 5.91. The number of aryl methyl sites for hydroxylation is 1. The lowest BCUT2D eigenvalue weighted by Crippen LogP contribution is -2.33. The summed E-state index contributed by atoms with van der Waals surface area (Å²) in [5.74, 6) is 1.60. The zero-order valence-electron chi connectivity index (χ0n) is 15.1. The molecule has 1 aliphatic heterocycles. The molecular weight excluding hydrogens is 314 g/mol. The van der Waals surface area contributed by atoms with Gasteiger partial charge in [-0.25, -0.2) is 0 Å². The Morgan fingerprint density at radius 3 is 2.68 bits per heavy atom. The van der Waals surface area contributed by atoms with Crippen LogP contribution >= 0.6 is 0 Å². The highest BCUT2D eigenvalue weighted by atomic mass is 16.5. The topological polar surface area (TPSA) is 37.8 Å². The molecule has 1 saturated heterocycles. The Labute approximate surface area is 150 Å². The van der Waals surface area contributed by atoms with Crippen LogP contribution in [0, 0.1) is 6.92 Å². The molecule has 1 aromatic heterocycles. The van der Waals surface area contributed by atoms with Gasteiger partial charge in [0.2, 0.25) is 0 Å². The van der Waals surface area contributed by atoms with Gasteiger partial charge in [-0.3, -0.25) is 9.88 Å². The van der Waals surface area contributed by atoms with Crippen LogP contribution in [0.3, 0.4) is 0 Å². The maximum Gasteiger partial charge on any atom is 0.161 e.